The van der Waals surface area contributed by atoms with Crippen molar-refractivity contribution < 1.29 is 9.53 Å². The quantitative estimate of drug-likeness (QED) is 0.636. The lowest BCUT2D eigenvalue weighted by atomic mass is 10.0. The lowest BCUT2D eigenvalue weighted by Gasteiger charge is -2.19. The molecular formula is C21H26N8O2. The number of aryl methyl sites for hydroxylation is 2. The molecule has 3 aromatic rings. The van der Waals surface area contributed by atoms with Crippen molar-refractivity contribution >= 4 is 23.3 Å². The van der Waals surface area contributed by atoms with Crippen LogP contribution in [-0.4, -0.2) is 63.0 Å². The molecule has 5 heterocycles. The lowest BCUT2D eigenvalue weighted by Crippen LogP contribution is -2.27. The third kappa shape index (κ3) is 3.67. The highest BCUT2D eigenvalue weighted by molar-refractivity contribution is 6.05. The van der Waals surface area contributed by atoms with Crippen molar-refractivity contribution in [2.24, 2.45) is 11.8 Å². The second-order valence-corrected chi connectivity index (χ2v) is 8.18. The Morgan fingerprint density at radius 2 is 1.97 bits per heavy atom. The van der Waals surface area contributed by atoms with Gasteiger partial charge >= 0.3 is 0 Å². The fourth-order valence-electron chi connectivity index (χ4n) is 4.45. The Hall–Kier alpha value is -3.27. The maximum Gasteiger partial charge on any atom is 0.263 e. The number of nitrogens with zero attached hydrogens (tertiary/aromatic N) is 6. The summed E-state index contributed by atoms with van der Waals surface area (Å²) in [5, 5.41) is 6.27. The Bertz CT molecular complexity index is 1130. The highest BCUT2D eigenvalue weighted by Crippen LogP contribution is 2.30. The minimum atomic E-state index is -0.361. The highest BCUT2D eigenvalue weighted by Gasteiger charge is 2.37. The van der Waals surface area contributed by atoms with Gasteiger partial charge in [0.25, 0.3) is 5.91 Å². The molecule has 2 N–H and O–H groups in total. The number of carbonyl (C=O) groups is 1. The van der Waals surface area contributed by atoms with E-state index in [-0.39, 0.29) is 17.4 Å². The van der Waals surface area contributed by atoms with E-state index in [1.54, 1.807) is 12.4 Å². The van der Waals surface area contributed by atoms with Crippen LogP contribution in [0.1, 0.15) is 28.7 Å². The highest BCUT2D eigenvalue weighted by atomic mass is 16.5. The molecule has 0 spiro atoms. The van der Waals surface area contributed by atoms with Crippen LogP contribution in [0.5, 0.6) is 5.88 Å². The van der Waals surface area contributed by atoms with Gasteiger partial charge in [-0.25, -0.2) is 15.0 Å². The molecule has 0 radical (unpaired) electrons. The van der Waals surface area contributed by atoms with Gasteiger partial charge in [0.1, 0.15) is 11.4 Å². The number of nitrogens with one attached hydrogen (secondary N) is 2. The number of hydrogen-bond acceptors (Lipinski definition) is 8. The fraction of sp³-hybridized carbons (Fsp3) is 0.476. The van der Waals surface area contributed by atoms with Crippen LogP contribution in [-0.2, 0) is 0 Å². The van der Waals surface area contributed by atoms with Crippen LogP contribution in [0, 0.1) is 25.7 Å². The van der Waals surface area contributed by atoms with E-state index in [1.807, 2.05) is 31.4 Å². The number of ether oxygens (including phenoxy) is 1. The third-order valence-corrected chi connectivity index (χ3v) is 5.91. The summed E-state index contributed by atoms with van der Waals surface area (Å²) in [4.78, 5) is 33.1. The monoisotopic (exact) mass is 422 g/mol. The molecule has 2 atom stereocenters. The van der Waals surface area contributed by atoms with Gasteiger partial charge in [0, 0.05) is 38.6 Å². The van der Waals surface area contributed by atoms with E-state index < -0.39 is 0 Å². The Morgan fingerprint density at radius 3 is 2.71 bits per heavy atom. The molecule has 10 nitrogen and oxygen atoms in total. The predicted molar refractivity (Wildman–Crippen MR) is 116 cm³/mol. The maximum atomic E-state index is 13.0. The summed E-state index contributed by atoms with van der Waals surface area (Å²) < 4.78 is 7.56. The Balaban J connectivity index is 1.39. The number of amides is 1. The first-order valence-corrected chi connectivity index (χ1v) is 10.6. The summed E-state index contributed by atoms with van der Waals surface area (Å²) in [5.41, 5.74) is 2.67. The van der Waals surface area contributed by atoms with Gasteiger partial charge in [-0.3, -0.25) is 4.79 Å². The first kappa shape index (κ1) is 19.7. The number of carbonyl (C=O) groups excluding carboxylic acids is 1. The molecule has 0 aromatic carbocycles. The topological polar surface area (TPSA) is 110 Å². The first-order chi connectivity index (χ1) is 15.0. The van der Waals surface area contributed by atoms with E-state index >= 15 is 0 Å². The second-order valence-electron chi connectivity index (χ2n) is 8.18. The van der Waals surface area contributed by atoms with Gasteiger partial charge in [-0.15, -0.1) is 0 Å². The van der Waals surface area contributed by atoms with Gasteiger partial charge in [-0.1, -0.05) is 0 Å². The van der Waals surface area contributed by atoms with Crippen molar-refractivity contribution in [1.29, 1.82) is 0 Å². The second kappa shape index (κ2) is 7.77. The average molecular weight is 422 g/mol. The third-order valence-electron chi connectivity index (χ3n) is 5.91. The van der Waals surface area contributed by atoms with E-state index in [9.17, 15) is 4.79 Å². The normalized spacial score (nSPS) is 20.3. The fourth-order valence-corrected chi connectivity index (χ4v) is 4.45. The molecule has 0 unspecified atom stereocenters. The Labute approximate surface area is 180 Å². The van der Waals surface area contributed by atoms with Crippen molar-refractivity contribution in [2.75, 3.05) is 43.0 Å². The molecular weight excluding hydrogens is 396 g/mol. The standard InChI is InChI=1S/C21H26N8O2/c1-4-31-20-16(7-23-21(27-20)29-9-14-5-22-6-15(14)10-29)19(30)26-17-11-28-8-12(2)24-18(28)13(3)25-17/h7-8,11,14-15,22H,4-6,9-10H2,1-3H3,(H,26,30)/t14-,15+. The van der Waals surface area contributed by atoms with Crippen molar-refractivity contribution in [3.8, 4) is 5.88 Å². The first-order valence-electron chi connectivity index (χ1n) is 10.6. The van der Waals surface area contributed by atoms with Crippen LogP contribution in [0.25, 0.3) is 5.65 Å². The van der Waals surface area contributed by atoms with E-state index in [0.717, 1.165) is 43.2 Å². The molecule has 10 heteroatoms. The van der Waals surface area contributed by atoms with Crippen LogP contribution in [0.15, 0.2) is 18.6 Å². The summed E-state index contributed by atoms with van der Waals surface area (Å²) >= 11 is 0. The van der Waals surface area contributed by atoms with E-state index in [0.29, 0.717) is 30.2 Å². The molecule has 2 aliphatic heterocycles. The minimum absolute atomic E-state index is 0.285. The summed E-state index contributed by atoms with van der Waals surface area (Å²) in [6, 6.07) is 0. The van der Waals surface area contributed by atoms with Crippen LogP contribution < -0.4 is 20.3 Å². The van der Waals surface area contributed by atoms with Crippen LogP contribution in [0.4, 0.5) is 11.8 Å². The molecule has 5 rings (SSSR count). The van der Waals surface area contributed by atoms with Gasteiger partial charge in [0.15, 0.2) is 5.65 Å². The average Bonchev–Trinajstić information content (AvgIpc) is 3.42. The van der Waals surface area contributed by atoms with E-state index in [1.165, 1.54) is 0 Å². The molecule has 162 valence electrons. The molecule has 0 bridgehead atoms. The number of imidazole rings is 1. The largest absolute Gasteiger partial charge is 0.477 e. The van der Waals surface area contributed by atoms with Crippen molar-refractivity contribution in [1.82, 2.24) is 29.7 Å². The molecule has 2 fully saturated rings. The molecule has 1 amide bonds. The number of fused-ring (bicyclic) bond motifs is 2. The van der Waals surface area contributed by atoms with Crippen LogP contribution >= 0.6 is 0 Å². The minimum Gasteiger partial charge on any atom is -0.477 e. The van der Waals surface area contributed by atoms with Crippen LogP contribution in [0.2, 0.25) is 0 Å². The van der Waals surface area contributed by atoms with E-state index in [2.05, 4.69) is 35.5 Å². The summed E-state index contributed by atoms with van der Waals surface area (Å²) in [7, 11) is 0. The smallest absolute Gasteiger partial charge is 0.263 e. The van der Waals surface area contributed by atoms with E-state index in [4.69, 9.17) is 4.74 Å². The summed E-state index contributed by atoms with van der Waals surface area (Å²) in [6.45, 7) is 9.97. The zero-order valence-corrected chi connectivity index (χ0v) is 17.9. The molecule has 2 saturated heterocycles. The number of anilines is 2. The van der Waals surface area contributed by atoms with Crippen LogP contribution in [0.3, 0.4) is 0 Å². The molecule has 3 aromatic heterocycles. The number of aromatic nitrogens is 5. The molecule has 2 aliphatic rings. The van der Waals surface area contributed by atoms with Gasteiger partial charge in [-0.2, -0.15) is 4.98 Å². The molecule has 0 saturated carbocycles. The van der Waals surface area contributed by atoms with Gasteiger partial charge in [0.05, 0.1) is 24.2 Å². The SMILES string of the molecule is CCOc1nc(N2C[C@H]3CNC[C@H]3C2)ncc1C(=O)Nc1cn2cc(C)nc2c(C)n1. The Morgan fingerprint density at radius 1 is 1.19 bits per heavy atom. The zero-order valence-electron chi connectivity index (χ0n) is 17.9. The summed E-state index contributed by atoms with van der Waals surface area (Å²) in [6.07, 6.45) is 5.18. The Kier molecular flexibility index (Phi) is 4.93. The van der Waals surface area contributed by atoms with Gasteiger partial charge in [0.2, 0.25) is 11.8 Å². The lowest BCUT2D eigenvalue weighted by molar-refractivity contribution is 0.102. The zero-order chi connectivity index (χ0) is 21.5. The van der Waals surface area contributed by atoms with Crippen molar-refractivity contribution in [2.45, 2.75) is 20.8 Å². The molecule has 0 aliphatic carbocycles. The number of hydrogen-bond donors (Lipinski definition) is 2. The summed E-state index contributed by atoms with van der Waals surface area (Å²) in [5.74, 6) is 2.21. The van der Waals surface area contributed by atoms with Gasteiger partial charge in [-0.05, 0) is 32.6 Å². The van der Waals surface area contributed by atoms with Crippen molar-refractivity contribution in [3.63, 3.8) is 0 Å². The van der Waals surface area contributed by atoms with Gasteiger partial charge < -0.3 is 24.7 Å². The number of rotatable bonds is 5. The van der Waals surface area contributed by atoms with Crippen molar-refractivity contribution in [3.05, 3.63) is 35.5 Å². The molecule has 31 heavy (non-hydrogen) atoms. The maximum absolute atomic E-state index is 13.0. The predicted octanol–water partition coefficient (Wildman–Crippen LogP) is 1.44.